The number of aromatic nitrogens is 1. The molecule has 2 rings (SSSR count). The maximum Gasteiger partial charge on any atom is 0.260 e. The Labute approximate surface area is 120 Å². The Morgan fingerprint density at radius 3 is 2.45 bits per heavy atom. The predicted octanol–water partition coefficient (Wildman–Crippen LogP) is 0.257. The number of hydrogen-bond donors (Lipinski definition) is 1. The number of sulfonamides is 1. The van der Waals surface area contributed by atoms with Gasteiger partial charge in [-0.3, -0.25) is 0 Å². The Balaban J connectivity index is 2.07. The molecule has 0 unspecified atom stereocenters. The summed E-state index contributed by atoms with van der Waals surface area (Å²) in [4.78, 5) is 6.32. The van der Waals surface area contributed by atoms with Crippen LogP contribution in [0, 0.1) is 0 Å². The van der Waals surface area contributed by atoms with Gasteiger partial charge in [0.2, 0.25) is 0 Å². The lowest BCUT2D eigenvalue weighted by molar-refractivity contribution is 0.188. The van der Waals surface area contributed by atoms with Crippen LogP contribution in [0.1, 0.15) is 18.9 Å². The number of rotatable bonds is 5. The van der Waals surface area contributed by atoms with Crippen molar-refractivity contribution in [3.63, 3.8) is 0 Å². The summed E-state index contributed by atoms with van der Waals surface area (Å²) in [5, 5.41) is 0.110. The second kappa shape index (κ2) is 6.62. The molecule has 1 aromatic heterocycles. The molecule has 1 aliphatic rings. The van der Waals surface area contributed by atoms with E-state index in [0.717, 1.165) is 31.6 Å². The lowest BCUT2D eigenvalue weighted by Crippen LogP contribution is -2.48. The molecule has 0 amide bonds. The molecule has 1 aromatic rings. The van der Waals surface area contributed by atoms with Crippen molar-refractivity contribution in [2.45, 2.75) is 24.9 Å². The quantitative estimate of drug-likeness (QED) is 0.843. The maximum absolute atomic E-state index is 12.5. The molecule has 1 fully saturated rings. The monoisotopic (exact) mass is 298 g/mol. The molecule has 0 aromatic carbocycles. The summed E-state index contributed by atoms with van der Waals surface area (Å²) in [6.45, 7) is 6.15. The fourth-order valence-corrected chi connectivity index (χ4v) is 3.66. The van der Waals surface area contributed by atoms with Crippen molar-refractivity contribution in [2.24, 2.45) is 5.73 Å². The predicted molar refractivity (Wildman–Crippen MR) is 77.6 cm³/mol. The number of nitrogens with zero attached hydrogens (tertiary/aromatic N) is 3. The number of hydrogen-bond acceptors (Lipinski definition) is 5. The Morgan fingerprint density at radius 2 is 1.95 bits per heavy atom. The third-order valence-electron chi connectivity index (χ3n) is 3.51. The van der Waals surface area contributed by atoms with Gasteiger partial charge in [0.05, 0.1) is 0 Å². The van der Waals surface area contributed by atoms with Crippen LogP contribution in [0.25, 0.3) is 0 Å². The molecule has 6 nitrogen and oxygen atoms in total. The van der Waals surface area contributed by atoms with Gasteiger partial charge in [-0.2, -0.15) is 4.31 Å². The van der Waals surface area contributed by atoms with Crippen LogP contribution >= 0.6 is 0 Å². The normalized spacial score (nSPS) is 18.3. The largest absolute Gasteiger partial charge is 0.326 e. The van der Waals surface area contributed by atoms with Crippen LogP contribution in [-0.2, 0) is 16.6 Å². The average Bonchev–Trinajstić information content (AvgIpc) is 2.48. The van der Waals surface area contributed by atoms with Crippen molar-refractivity contribution in [3.8, 4) is 0 Å². The zero-order valence-electron chi connectivity index (χ0n) is 11.8. The molecule has 112 valence electrons. The van der Waals surface area contributed by atoms with E-state index in [0.29, 0.717) is 19.6 Å². The molecule has 0 saturated carbocycles. The maximum atomic E-state index is 12.5. The number of nitrogens with two attached hydrogens (primary N) is 1. The molecule has 0 radical (unpaired) electrons. The Kier molecular flexibility index (Phi) is 5.09. The van der Waals surface area contributed by atoms with Gasteiger partial charge in [0.15, 0.2) is 5.03 Å². The summed E-state index contributed by atoms with van der Waals surface area (Å²) < 4.78 is 26.4. The highest BCUT2D eigenvalue weighted by Crippen LogP contribution is 2.16. The average molecular weight is 298 g/mol. The third-order valence-corrected chi connectivity index (χ3v) is 5.32. The third kappa shape index (κ3) is 3.35. The van der Waals surface area contributed by atoms with Crippen LogP contribution in [0.3, 0.4) is 0 Å². The molecule has 0 spiro atoms. The smallest absolute Gasteiger partial charge is 0.260 e. The van der Waals surface area contributed by atoms with Crippen LogP contribution in [0.15, 0.2) is 23.4 Å². The van der Waals surface area contributed by atoms with Crippen LogP contribution in [0.2, 0.25) is 0 Å². The second-order valence-electron chi connectivity index (χ2n) is 4.95. The molecule has 7 heteroatoms. The van der Waals surface area contributed by atoms with Crippen molar-refractivity contribution in [3.05, 3.63) is 23.9 Å². The number of pyridine rings is 1. The van der Waals surface area contributed by atoms with E-state index in [1.807, 2.05) is 0 Å². The molecule has 1 aliphatic heterocycles. The summed E-state index contributed by atoms with van der Waals surface area (Å²) >= 11 is 0. The Hall–Kier alpha value is -1.02. The Bertz CT molecular complexity index is 522. The van der Waals surface area contributed by atoms with Gasteiger partial charge >= 0.3 is 0 Å². The van der Waals surface area contributed by atoms with Crippen molar-refractivity contribution >= 4 is 10.0 Å². The summed E-state index contributed by atoms with van der Waals surface area (Å²) in [7, 11) is -3.47. The fraction of sp³-hybridized carbons (Fsp3) is 0.615. The first kappa shape index (κ1) is 15.4. The topological polar surface area (TPSA) is 79.5 Å². The van der Waals surface area contributed by atoms with Gasteiger partial charge < -0.3 is 10.6 Å². The van der Waals surface area contributed by atoms with Crippen molar-refractivity contribution < 1.29 is 8.42 Å². The van der Waals surface area contributed by atoms with E-state index >= 15 is 0 Å². The summed E-state index contributed by atoms with van der Waals surface area (Å²) in [6, 6.07) is 3.25. The van der Waals surface area contributed by atoms with Gasteiger partial charge in [-0.25, -0.2) is 13.4 Å². The molecule has 0 bridgehead atoms. The van der Waals surface area contributed by atoms with Crippen molar-refractivity contribution in [2.75, 3.05) is 32.7 Å². The lowest BCUT2D eigenvalue weighted by Gasteiger charge is -2.33. The highest BCUT2D eigenvalue weighted by molar-refractivity contribution is 7.89. The van der Waals surface area contributed by atoms with E-state index in [1.165, 1.54) is 16.6 Å². The Morgan fingerprint density at radius 1 is 1.25 bits per heavy atom. The zero-order valence-corrected chi connectivity index (χ0v) is 12.6. The van der Waals surface area contributed by atoms with E-state index in [4.69, 9.17) is 5.73 Å². The van der Waals surface area contributed by atoms with Crippen molar-refractivity contribution in [1.82, 2.24) is 14.2 Å². The first-order chi connectivity index (χ1) is 9.57. The molecule has 0 atom stereocenters. The van der Waals surface area contributed by atoms with Crippen LogP contribution < -0.4 is 5.73 Å². The first-order valence-electron chi connectivity index (χ1n) is 6.95. The van der Waals surface area contributed by atoms with E-state index in [9.17, 15) is 8.42 Å². The van der Waals surface area contributed by atoms with E-state index < -0.39 is 10.0 Å². The second-order valence-corrected chi connectivity index (χ2v) is 6.84. The number of piperazine rings is 1. The standard InChI is InChI=1S/C13H22N4O2S/c1-2-5-16-6-8-17(9-7-16)20(18,19)13-4-3-12(10-14)11-15-13/h3-4,11H,2,5-10,14H2,1H3. The van der Waals surface area contributed by atoms with E-state index in [2.05, 4.69) is 16.8 Å². The van der Waals surface area contributed by atoms with E-state index in [1.54, 1.807) is 6.07 Å². The molecular formula is C13H22N4O2S. The van der Waals surface area contributed by atoms with Crippen LogP contribution in [0.5, 0.6) is 0 Å². The fourth-order valence-electron chi connectivity index (χ4n) is 2.33. The lowest BCUT2D eigenvalue weighted by atomic mass is 10.3. The minimum absolute atomic E-state index is 0.110. The SMILES string of the molecule is CCCN1CCN(S(=O)(=O)c2ccc(CN)cn2)CC1. The van der Waals surface area contributed by atoms with Crippen LogP contribution in [0.4, 0.5) is 0 Å². The minimum atomic E-state index is -3.47. The van der Waals surface area contributed by atoms with Gasteiger partial charge in [-0.05, 0) is 24.6 Å². The molecule has 2 N–H and O–H groups in total. The molecule has 0 aliphatic carbocycles. The summed E-state index contributed by atoms with van der Waals surface area (Å²) in [5.41, 5.74) is 6.32. The molecule has 1 saturated heterocycles. The molecule has 20 heavy (non-hydrogen) atoms. The van der Waals surface area contributed by atoms with Gasteiger partial charge in [-0.1, -0.05) is 13.0 Å². The highest BCUT2D eigenvalue weighted by Gasteiger charge is 2.29. The van der Waals surface area contributed by atoms with Gasteiger partial charge in [-0.15, -0.1) is 0 Å². The van der Waals surface area contributed by atoms with Crippen molar-refractivity contribution in [1.29, 1.82) is 0 Å². The first-order valence-corrected chi connectivity index (χ1v) is 8.39. The highest BCUT2D eigenvalue weighted by atomic mass is 32.2. The van der Waals surface area contributed by atoms with Gasteiger partial charge in [0.1, 0.15) is 0 Å². The van der Waals surface area contributed by atoms with Crippen LogP contribution in [-0.4, -0.2) is 55.3 Å². The van der Waals surface area contributed by atoms with E-state index in [-0.39, 0.29) is 5.03 Å². The van der Waals surface area contributed by atoms with Gasteiger partial charge in [0.25, 0.3) is 10.0 Å². The zero-order chi connectivity index (χ0) is 14.6. The summed E-state index contributed by atoms with van der Waals surface area (Å²) in [6.07, 6.45) is 2.62. The minimum Gasteiger partial charge on any atom is -0.326 e. The summed E-state index contributed by atoms with van der Waals surface area (Å²) in [5.74, 6) is 0. The molecular weight excluding hydrogens is 276 g/mol. The van der Waals surface area contributed by atoms with Gasteiger partial charge in [0, 0.05) is 38.9 Å². The molecule has 2 heterocycles.